The van der Waals surface area contributed by atoms with Gasteiger partial charge in [0.05, 0.1) is 12.2 Å². The Labute approximate surface area is 166 Å². The van der Waals surface area contributed by atoms with E-state index in [0.29, 0.717) is 42.2 Å². The molecule has 1 aliphatic rings. The molecule has 1 N–H and O–H groups in total. The van der Waals surface area contributed by atoms with E-state index in [-0.39, 0.29) is 23.9 Å². The molecule has 0 fully saturated rings. The molecular formula is C22H19FN2O4. The Balaban J connectivity index is 1.55. The second kappa shape index (κ2) is 8.06. The number of Topliss-reactive ketones (excluding diaryl/α,β-unsaturated/α-hetero) is 2. The zero-order chi connectivity index (χ0) is 20.4. The van der Waals surface area contributed by atoms with Crippen LogP contribution in [0.15, 0.2) is 53.1 Å². The van der Waals surface area contributed by atoms with Gasteiger partial charge in [-0.3, -0.25) is 14.5 Å². The van der Waals surface area contributed by atoms with Crippen LogP contribution in [0.4, 0.5) is 4.39 Å². The first kappa shape index (κ1) is 19.2. The van der Waals surface area contributed by atoms with Gasteiger partial charge < -0.3 is 9.52 Å². The van der Waals surface area contributed by atoms with E-state index >= 15 is 0 Å². The van der Waals surface area contributed by atoms with Crippen molar-refractivity contribution < 1.29 is 23.5 Å². The third kappa shape index (κ3) is 4.31. The number of halogens is 1. The molecule has 0 unspecified atom stereocenters. The number of aliphatic hydroxyl groups is 1. The largest absolute Gasteiger partial charge is 0.444 e. The highest BCUT2D eigenvalue weighted by Gasteiger charge is 2.22. The number of nitrogens with zero attached hydrogens (tertiary/aromatic N) is 2. The predicted octanol–water partition coefficient (Wildman–Crippen LogP) is 2.78. The summed E-state index contributed by atoms with van der Waals surface area (Å²) in [6, 6.07) is 11.2. The zero-order valence-electron chi connectivity index (χ0n) is 15.6. The molecule has 6 nitrogen and oxygen atoms in total. The maximum atomic E-state index is 13.4. The molecule has 0 spiro atoms. The predicted molar refractivity (Wildman–Crippen MR) is 103 cm³/mol. The lowest BCUT2D eigenvalue weighted by Gasteiger charge is -2.18. The highest BCUT2D eigenvalue weighted by Crippen LogP contribution is 2.23. The molecule has 148 valence electrons. The van der Waals surface area contributed by atoms with Crippen LogP contribution in [0.5, 0.6) is 0 Å². The van der Waals surface area contributed by atoms with Crippen LogP contribution in [-0.2, 0) is 24.3 Å². The second-order valence-corrected chi connectivity index (χ2v) is 7.08. The molecule has 1 aliphatic heterocycles. The van der Waals surface area contributed by atoms with Crippen LogP contribution in [0.25, 0.3) is 11.5 Å². The summed E-state index contributed by atoms with van der Waals surface area (Å²) >= 11 is 0. The summed E-state index contributed by atoms with van der Waals surface area (Å²) in [6.07, 6.45) is 1.80. The van der Waals surface area contributed by atoms with Crippen molar-refractivity contribution in [1.29, 1.82) is 0 Å². The lowest BCUT2D eigenvalue weighted by Crippen LogP contribution is -2.27. The molecule has 0 aliphatic carbocycles. The van der Waals surface area contributed by atoms with Crippen LogP contribution in [0, 0.1) is 5.82 Å². The minimum Gasteiger partial charge on any atom is -0.444 e. The summed E-state index contributed by atoms with van der Waals surface area (Å²) in [6.45, 7) is 0.543. The molecule has 29 heavy (non-hydrogen) atoms. The third-order valence-corrected chi connectivity index (χ3v) is 4.86. The average molecular weight is 394 g/mol. The zero-order valence-corrected chi connectivity index (χ0v) is 15.6. The summed E-state index contributed by atoms with van der Waals surface area (Å²) in [5.41, 5.74) is 3.36. The Morgan fingerprint density at radius 3 is 2.83 bits per heavy atom. The van der Waals surface area contributed by atoms with Gasteiger partial charge in [-0.15, -0.1) is 0 Å². The number of carbonyl (C=O) groups is 2. The van der Waals surface area contributed by atoms with Gasteiger partial charge in [-0.2, -0.15) is 0 Å². The molecule has 2 aromatic carbocycles. The van der Waals surface area contributed by atoms with Gasteiger partial charge in [-0.1, -0.05) is 18.2 Å². The lowest BCUT2D eigenvalue weighted by atomic mass is 9.99. The van der Waals surface area contributed by atoms with Crippen molar-refractivity contribution in [1.82, 2.24) is 9.88 Å². The maximum absolute atomic E-state index is 13.4. The Bertz CT molecular complexity index is 1080. The lowest BCUT2D eigenvalue weighted by molar-refractivity contribution is -0.119. The Hall–Kier alpha value is -3.16. The SMILES string of the molecule is O=C1Cc2ccc(C(=O)CO)cc2CN(Cc2coc(-c3cccc(F)c3)n2)C1. The molecule has 0 bridgehead atoms. The number of aromatic nitrogens is 1. The summed E-state index contributed by atoms with van der Waals surface area (Å²) in [5, 5.41) is 9.09. The van der Waals surface area contributed by atoms with Gasteiger partial charge in [0.1, 0.15) is 18.7 Å². The van der Waals surface area contributed by atoms with Crippen LogP contribution >= 0.6 is 0 Å². The molecule has 3 aromatic rings. The average Bonchev–Trinajstić information content (AvgIpc) is 3.10. The highest BCUT2D eigenvalue weighted by atomic mass is 19.1. The number of benzene rings is 2. The number of carbonyl (C=O) groups excluding carboxylic acids is 2. The minimum atomic E-state index is -0.552. The van der Waals surface area contributed by atoms with Crippen LogP contribution < -0.4 is 0 Å². The van der Waals surface area contributed by atoms with Crippen molar-refractivity contribution in [3.63, 3.8) is 0 Å². The first-order valence-electron chi connectivity index (χ1n) is 9.22. The second-order valence-electron chi connectivity index (χ2n) is 7.08. The number of ketones is 2. The van der Waals surface area contributed by atoms with Gasteiger partial charge in [0.2, 0.25) is 5.89 Å². The third-order valence-electron chi connectivity index (χ3n) is 4.86. The van der Waals surface area contributed by atoms with Crippen LogP contribution in [0.2, 0.25) is 0 Å². The van der Waals surface area contributed by atoms with Crippen molar-refractivity contribution in [3.05, 3.63) is 76.9 Å². The molecule has 0 atom stereocenters. The van der Waals surface area contributed by atoms with E-state index in [2.05, 4.69) is 4.98 Å². The van der Waals surface area contributed by atoms with Crippen molar-refractivity contribution in [2.45, 2.75) is 19.5 Å². The standard InChI is InChI=1S/C22H19FN2O4/c23-18-3-1-2-16(7-18)22-24-19(13-29-22)10-25-9-17-6-15(21(28)12-26)5-4-14(17)8-20(27)11-25/h1-7,13,26H,8-12H2. The van der Waals surface area contributed by atoms with E-state index in [1.807, 2.05) is 4.90 Å². The molecule has 0 saturated carbocycles. The van der Waals surface area contributed by atoms with Gasteiger partial charge in [0, 0.05) is 30.6 Å². The number of aliphatic hydroxyl groups excluding tert-OH is 1. The van der Waals surface area contributed by atoms with E-state index in [4.69, 9.17) is 9.52 Å². The topological polar surface area (TPSA) is 83.6 Å². The van der Waals surface area contributed by atoms with Crippen molar-refractivity contribution >= 4 is 11.6 Å². The van der Waals surface area contributed by atoms with Gasteiger partial charge >= 0.3 is 0 Å². The molecule has 0 radical (unpaired) electrons. The fourth-order valence-corrected chi connectivity index (χ4v) is 3.50. The quantitative estimate of drug-likeness (QED) is 0.670. The van der Waals surface area contributed by atoms with Crippen molar-refractivity contribution in [2.24, 2.45) is 0 Å². The van der Waals surface area contributed by atoms with Crippen molar-refractivity contribution in [2.75, 3.05) is 13.2 Å². The van der Waals surface area contributed by atoms with Crippen LogP contribution in [-0.4, -0.2) is 39.7 Å². The Morgan fingerprint density at radius 1 is 1.17 bits per heavy atom. The monoisotopic (exact) mass is 394 g/mol. The van der Waals surface area contributed by atoms with E-state index in [9.17, 15) is 14.0 Å². The number of hydrogen-bond acceptors (Lipinski definition) is 6. The fraction of sp³-hybridized carbons (Fsp3) is 0.227. The van der Waals surface area contributed by atoms with Gasteiger partial charge in [0.15, 0.2) is 11.6 Å². The van der Waals surface area contributed by atoms with E-state index in [1.54, 1.807) is 30.3 Å². The van der Waals surface area contributed by atoms with Crippen LogP contribution in [0.1, 0.15) is 27.2 Å². The molecule has 1 aromatic heterocycles. The number of rotatable bonds is 5. The summed E-state index contributed by atoms with van der Waals surface area (Å²) in [5.74, 6) is -0.341. The van der Waals surface area contributed by atoms with E-state index < -0.39 is 6.61 Å². The first-order chi connectivity index (χ1) is 14.0. The normalized spacial score (nSPS) is 14.5. The van der Waals surface area contributed by atoms with Gasteiger partial charge in [0.25, 0.3) is 0 Å². The number of hydrogen-bond donors (Lipinski definition) is 1. The van der Waals surface area contributed by atoms with E-state index in [0.717, 1.165) is 11.1 Å². The summed E-state index contributed by atoms with van der Waals surface area (Å²) in [4.78, 5) is 30.5. The van der Waals surface area contributed by atoms with Gasteiger partial charge in [-0.05, 0) is 35.4 Å². The molecule has 0 saturated heterocycles. The van der Waals surface area contributed by atoms with Crippen LogP contribution in [0.3, 0.4) is 0 Å². The molecule has 7 heteroatoms. The van der Waals surface area contributed by atoms with E-state index in [1.165, 1.54) is 18.4 Å². The summed E-state index contributed by atoms with van der Waals surface area (Å²) < 4.78 is 18.9. The molecular weight excluding hydrogens is 375 g/mol. The Morgan fingerprint density at radius 2 is 2.03 bits per heavy atom. The smallest absolute Gasteiger partial charge is 0.226 e. The van der Waals surface area contributed by atoms with Gasteiger partial charge in [-0.25, -0.2) is 9.37 Å². The number of fused-ring (bicyclic) bond motifs is 1. The van der Waals surface area contributed by atoms with Crippen molar-refractivity contribution in [3.8, 4) is 11.5 Å². The highest BCUT2D eigenvalue weighted by molar-refractivity contribution is 5.97. The molecule has 2 heterocycles. The Kier molecular flexibility index (Phi) is 5.33. The first-order valence-corrected chi connectivity index (χ1v) is 9.22. The number of oxazole rings is 1. The summed E-state index contributed by atoms with van der Waals surface area (Å²) in [7, 11) is 0. The minimum absolute atomic E-state index is 0.0684. The molecule has 4 rings (SSSR count). The fourth-order valence-electron chi connectivity index (χ4n) is 3.50. The maximum Gasteiger partial charge on any atom is 0.226 e. The molecule has 0 amide bonds.